The number of aryl methyl sites for hydroxylation is 1. The van der Waals surface area contributed by atoms with Crippen molar-refractivity contribution in [3.63, 3.8) is 0 Å². The Morgan fingerprint density at radius 2 is 1.70 bits per heavy atom. The lowest BCUT2D eigenvalue weighted by Gasteiger charge is -2.14. The normalized spacial score (nSPS) is 13.7. The lowest BCUT2D eigenvalue weighted by molar-refractivity contribution is -0.113. The fourth-order valence-corrected chi connectivity index (χ4v) is 4.50. The first-order valence-corrected chi connectivity index (χ1v) is 12.1. The molecule has 0 radical (unpaired) electrons. The molecule has 0 bridgehead atoms. The number of carbonyl (C=O) groups excluding carboxylic acids is 2. The monoisotopic (exact) mass is 463 g/mol. The summed E-state index contributed by atoms with van der Waals surface area (Å²) in [5.74, 6) is 0.0110. The Hall–Kier alpha value is -3.10. The molecule has 3 aromatic rings. The average molecular weight is 464 g/mol. The highest BCUT2D eigenvalue weighted by Gasteiger charge is 2.12. The molecule has 0 aliphatic carbocycles. The zero-order valence-electron chi connectivity index (χ0n) is 18.8. The van der Waals surface area contributed by atoms with Gasteiger partial charge in [0.15, 0.2) is 5.16 Å². The second-order valence-corrected chi connectivity index (χ2v) is 9.16. The van der Waals surface area contributed by atoms with Crippen LogP contribution in [0, 0.1) is 0 Å². The number of rotatable bonds is 9. The van der Waals surface area contributed by atoms with E-state index in [1.807, 2.05) is 17.8 Å². The van der Waals surface area contributed by atoms with Gasteiger partial charge in [0.1, 0.15) is 0 Å². The number of hydrogen-bond acceptors (Lipinski definition) is 5. The Labute approximate surface area is 198 Å². The van der Waals surface area contributed by atoms with Crippen molar-refractivity contribution >= 4 is 29.3 Å². The van der Waals surface area contributed by atoms with Crippen LogP contribution in [0.15, 0.2) is 66.1 Å². The third-order valence-corrected chi connectivity index (χ3v) is 6.68. The number of imidazole rings is 1. The molecule has 1 saturated heterocycles. The number of carbonyl (C=O) groups is 2. The van der Waals surface area contributed by atoms with Gasteiger partial charge >= 0.3 is 0 Å². The van der Waals surface area contributed by atoms with Crippen LogP contribution in [0.3, 0.4) is 0 Å². The summed E-state index contributed by atoms with van der Waals surface area (Å²) in [6.45, 7) is 3.84. The van der Waals surface area contributed by atoms with Crippen LogP contribution in [0.5, 0.6) is 0 Å². The standard InChI is InChI=1S/C25H29N5O2S/c1-29-15-12-26-25(29)33-18-23(31)28-22-10-8-21(9-11-22)24(32)27-16-19-4-6-20(7-5-19)17-30-13-2-3-14-30/h4-12,15H,2-3,13-14,16-18H2,1H3,(H,27,32)(H,28,31). The van der Waals surface area contributed by atoms with Crippen molar-refractivity contribution in [2.75, 3.05) is 24.2 Å². The first-order valence-electron chi connectivity index (χ1n) is 11.2. The Balaban J connectivity index is 1.21. The van der Waals surface area contributed by atoms with Gasteiger partial charge in [-0.1, -0.05) is 36.0 Å². The minimum atomic E-state index is -0.139. The van der Waals surface area contributed by atoms with E-state index in [9.17, 15) is 9.59 Å². The number of thioether (sulfide) groups is 1. The number of aromatic nitrogens is 2. The molecular weight excluding hydrogens is 434 g/mol. The maximum atomic E-state index is 12.5. The average Bonchev–Trinajstić information content (AvgIpc) is 3.49. The van der Waals surface area contributed by atoms with Crippen molar-refractivity contribution in [2.24, 2.45) is 7.05 Å². The number of benzene rings is 2. The van der Waals surface area contributed by atoms with Crippen molar-refractivity contribution < 1.29 is 9.59 Å². The number of likely N-dealkylation sites (tertiary alicyclic amines) is 1. The second-order valence-electron chi connectivity index (χ2n) is 8.22. The Morgan fingerprint density at radius 3 is 2.36 bits per heavy atom. The number of nitrogens with zero attached hydrogens (tertiary/aromatic N) is 3. The third kappa shape index (κ3) is 6.69. The summed E-state index contributed by atoms with van der Waals surface area (Å²) in [5.41, 5.74) is 3.59. The van der Waals surface area contributed by atoms with E-state index in [1.165, 1.54) is 43.3 Å². The zero-order chi connectivity index (χ0) is 23.0. The molecular formula is C25H29N5O2S. The molecule has 0 unspecified atom stereocenters. The van der Waals surface area contributed by atoms with Crippen molar-refractivity contribution in [1.82, 2.24) is 19.8 Å². The van der Waals surface area contributed by atoms with Crippen LogP contribution >= 0.6 is 11.8 Å². The summed E-state index contributed by atoms with van der Waals surface area (Å²) in [5, 5.41) is 6.60. The van der Waals surface area contributed by atoms with Gasteiger partial charge in [0.25, 0.3) is 5.91 Å². The first-order chi connectivity index (χ1) is 16.1. The smallest absolute Gasteiger partial charge is 0.251 e. The van der Waals surface area contributed by atoms with Crippen molar-refractivity contribution in [2.45, 2.75) is 31.1 Å². The predicted molar refractivity (Wildman–Crippen MR) is 131 cm³/mol. The van der Waals surface area contributed by atoms with Crippen LogP contribution in [0.4, 0.5) is 5.69 Å². The van der Waals surface area contributed by atoms with Gasteiger partial charge in [0.2, 0.25) is 5.91 Å². The molecule has 33 heavy (non-hydrogen) atoms. The van der Waals surface area contributed by atoms with Crippen LogP contribution in [0.1, 0.15) is 34.3 Å². The van der Waals surface area contributed by atoms with E-state index in [0.29, 0.717) is 17.8 Å². The van der Waals surface area contributed by atoms with Crippen LogP contribution in [-0.4, -0.2) is 45.1 Å². The van der Waals surface area contributed by atoms with E-state index >= 15 is 0 Å². The molecule has 172 valence electrons. The van der Waals surface area contributed by atoms with Gasteiger partial charge < -0.3 is 15.2 Å². The SMILES string of the molecule is Cn1ccnc1SCC(=O)Nc1ccc(C(=O)NCc2ccc(CN3CCCC3)cc2)cc1. The van der Waals surface area contributed by atoms with Crippen LogP contribution in [0.2, 0.25) is 0 Å². The van der Waals surface area contributed by atoms with Gasteiger partial charge in [0.05, 0.1) is 5.75 Å². The maximum absolute atomic E-state index is 12.5. The molecule has 1 fully saturated rings. The Bertz CT molecular complexity index is 1070. The van der Waals surface area contributed by atoms with E-state index in [4.69, 9.17) is 0 Å². The van der Waals surface area contributed by atoms with Crippen molar-refractivity contribution in [3.05, 3.63) is 77.6 Å². The second kappa shape index (κ2) is 11.2. The highest BCUT2D eigenvalue weighted by Crippen LogP contribution is 2.16. The topological polar surface area (TPSA) is 79.3 Å². The van der Waals surface area contributed by atoms with Gasteiger partial charge in [-0.05, 0) is 61.3 Å². The molecule has 0 spiro atoms. The summed E-state index contributed by atoms with van der Waals surface area (Å²) in [6, 6.07) is 15.4. The van der Waals surface area contributed by atoms with Crippen LogP contribution in [-0.2, 0) is 24.9 Å². The van der Waals surface area contributed by atoms with Crippen LogP contribution < -0.4 is 10.6 Å². The molecule has 1 aromatic heterocycles. The number of anilines is 1. The van der Waals surface area contributed by atoms with Crippen LogP contribution in [0.25, 0.3) is 0 Å². The number of amides is 2. The molecule has 8 heteroatoms. The van der Waals surface area contributed by atoms with E-state index in [-0.39, 0.29) is 17.6 Å². The summed E-state index contributed by atoms with van der Waals surface area (Å²) >= 11 is 1.38. The highest BCUT2D eigenvalue weighted by atomic mass is 32.2. The molecule has 4 rings (SSSR count). The van der Waals surface area contributed by atoms with Gasteiger partial charge in [-0.3, -0.25) is 14.5 Å². The largest absolute Gasteiger partial charge is 0.348 e. The first kappa shape index (κ1) is 23.1. The quantitative estimate of drug-likeness (QED) is 0.474. The van der Waals surface area contributed by atoms with Gasteiger partial charge in [-0.25, -0.2) is 4.98 Å². The maximum Gasteiger partial charge on any atom is 0.251 e. The predicted octanol–water partition coefficient (Wildman–Crippen LogP) is 3.68. The summed E-state index contributed by atoms with van der Waals surface area (Å²) < 4.78 is 1.87. The summed E-state index contributed by atoms with van der Waals surface area (Å²) in [6.07, 6.45) is 6.13. The number of nitrogens with one attached hydrogen (secondary N) is 2. The fraction of sp³-hybridized carbons (Fsp3) is 0.320. The molecule has 1 aliphatic rings. The highest BCUT2D eigenvalue weighted by molar-refractivity contribution is 7.99. The van der Waals surface area contributed by atoms with E-state index in [2.05, 4.69) is 44.8 Å². The van der Waals surface area contributed by atoms with Crippen molar-refractivity contribution in [1.29, 1.82) is 0 Å². The molecule has 0 saturated carbocycles. The zero-order valence-corrected chi connectivity index (χ0v) is 19.6. The fourth-order valence-electron chi connectivity index (χ4n) is 3.77. The molecule has 2 N–H and O–H groups in total. The lowest BCUT2D eigenvalue weighted by Crippen LogP contribution is -2.23. The van der Waals surface area contributed by atoms with E-state index in [1.54, 1.807) is 30.5 Å². The third-order valence-electron chi connectivity index (χ3n) is 5.62. The molecule has 2 amide bonds. The molecule has 2 aromatic carbocycles. The summed E-state index contributed by atoms with van der Waals surface area (Å²) in [4.78, 5) is 31.3. The molecule has 0 atom stereocenters. The lowest BCUT2D eigenvalue weighted by atomic mass is 10.1. The molecule has 7 nitrogen and oxygen atoms in total. The minimum absolute atomic E-state index is 0.117. The minimum Gasteiger partial charge on any atom is -0.348 e. The summed E-state index contributed by atoms with van der Waals surface area (Å²) in [7, 11) is 1.89. The van der Waals surface area contributed by atoms with E-state index in [0.717, 1.165) is 17.3 Å². The molecule has 2 heterocycles. The van der Waals surface area contributed by atoms with E-state index < -0.39 is 0 Å². The van der Waals surface area contributed by atoms with Gasteiger partial charge in [0, 0.05) is 43.8 Å². The molecule has 1 aliphatic heterocycles. The Morgan fingerprint density at radius 1 is 1.00 bits per heavy atom. The van der Waals surface area contributed by atoms with Gasteiger partial charge in [-0.2, -0.15) is 0 Å². The number of hydrogen-bond donors (Lipinski definition) is 2. The Kier molecular flexibility index (Phi) is 7.80. The van der Waals surface area contributed by atoms with Crippen molar-refractivity contribution in [3.8, 4) is 0 Å². The van der Waals surface area contributed by atoms with Gasteiger partial charge in [-0.15, -0.1) is 0 Å².